The summed E-state index contributed by atoms with van der Waals surface area (Å²) in [6, 6.07) is 7.21. The predicted octanol–water partition coefficient (Wildman–Crippen LogP) is 3.47. The van der Waals surface area contributed by atoms with Crippen LogP contribution in [0.25, 0.3) is 0 Å². The molecule has 0 saturated carbocycles. The van der Waals surface area contributed by atoms with Gasteiger partial charge >= 0.3 is 0 Å². The average molecular weight is 232 g/mol. The van der Waals surface area contributed by atoms with Crippen molar-refractivity contribution in [3.05, 3.63) is 29.6 Å². The largest absolute Gasteiger partial charge is 0.369 e. The second-order valence-corrected chi connectivity index (χ2v) is 4.67. The van der Waals surface area contributed by atoms with Gasteiger partial charge in [-0.15, -0.1) is 0 Å². The first-order valence-electron chi connectivity index (χ1n) is 6.18. The topological polar surface area (TPSA) is 27.0 Å². The van der Waals surface area contributed by atoms with Crippen molar-refractivity contribution >= 4 is 5.69 Å². The van der Waals surface area contributed by atoms with Gasteiger partial charge in [0.05, 0.1) is 5.56 Å². The maximum absolute atomic E-state index is 13.6. The lowest BCUT2D eigenvalue weighted by Crippen LogP contribution is -2.32. The van der Waals surface area contributed by atoms with Crippen LogP contribution >= 0.6 is 0 Å². The van der Waals surface area contributed by atoms with E-state index in [2.05, 4.69) is 11.8 Å². The fourth-order valence-electron chi connectivity index (χ4n) is 2.43. The molecule has 2 nitrogen and oxygen atoms in total. The number of nitriles is 1. The Kier molecular flexibility index (Phi) is 3.63. The van der Waals surface area contributed by atoms with E-state index >= 15 is 0 Å². The van der Waals surface area contributed by atoms with E-state index in [4.69, 9.17) is 5.26 Å². The summed E-state index contributed by atoms with van der Waals surface area (Å²) < 4.78 is 13.6. The van der Waals surface area contributed by atoms with Crippen molar-refractivity contribution in [1.82, 2.24) is 0 Å². The molecule has 0 aliphatic carbocycles. The molecule has 1 fully saturated rings. The molecular weight excluding hydrogens is 215 g/mol. The molecule has 0 N–H and O–H groups in total. The van der Waals surface area contributed by atoms with Gasteiger partial charge in [0, 0.05) is 18.3 Å². The van der Waals surface area contributed by atoms with Gasteiger partial charge in [-0.2, -0.15) is 5.26 Å². The fraction of sp³-hybridized carbons (Fsp3) is 0.500. The molecule has 3 heteroatoms. The highest BCUT2D eigenvalue weighted by molar-refractivity contribution is 5.51. The van der Waals surface area contributed by atoms with E-state index < -0.39 is 5.82 Å². The van der Waals surface area contributed by atoms with E-state index in [9.17, 15) is 4.39 Å². The van der Waals surface area contributed by atoms with Crippen LogP contribution in [0.5, 0.6) is 0 Å². The highest BCUT2D eigenvalue weighted by atomic mass is 19.1. The van der Waals surface area contributed by atoms with Gasteiger partial charge in [0.1, 0.15) is 11.9 Å². The lowest BCUT2D eigenvalue weighted by Gasteiger charge is -2.29. The highest BCUT2D eigenvalue weighted by Gasteiger charge is 2.18. The Labute approximate surface area is 102 Å². The molecule has 2 rings (SSSR count). The maximum Gasteiger partial charge on any atom is 0.143 e. The van der Waals surface area contributed by atoms with Crippen molar-refractivity contribution in [3.8, 4) is 6.07 Å². The minimum absolute atomic E-state index is 0.122. The number of rotatable bonds is 1. The lowest BCUT2D eigenvalue weighted by atomic mass is 10.1. The zero-order valence-electron chi connectivity index (χ0n) is 10.1. The van der Waals surface area contributed by atoms with E-state index in [0.717, 1.165) is 25.1 Å². The number of hydrogen-bond acceptors (Lipinski definition) is 2. The van der Waals surface area contributed by atoms with Gasteiger partial charge in [-0.3, -0.25) is 0 Å². The zero-order valence-corrected chi connectivity index (χ0v) is 10.1. The quantitative estimate of drug-likeness (QED) is 0.741. The van der Waals surface area contributed by atoms with Gasteiger partial charge in [0.2, 0.25) is 0 Å². The Bertz CT molecular complexity index is 436. The Morgan fingerprint density at radius 3 is 2.88 bits per heavy atom. The van der Waals surface area contributed by atoms with Gasteiger partial charge in [0.25, 0.3) is 0 Å². The molecule has 0 amide bonds. The average Bonchev–Trinajstić information content (AvgIpc) is 2.54. The van der Waals surface area contributed by atoms with Crippen LogP contribution in [0.15, 0.2) is 18.2 Å². The molecule has 1 unspecified atom stereocenters. The van der Waals surface area contributed by atoms with Gasteiger partial charge in [-0.05, 0) is 38.0 Å². The molecule has 17 heavy (non-hydrogen) atoms. The molecule has 90 valence electrons. The molecule has 0 aromatic heterocycles. The minimum atomic E-state index is -0.415. The summed E-state index contributed by atoms with van der Waals surface area (Å²) in [4.78, 5) is 2.25. The van der Waals surface area contributed by atoms with Crippen LogP contribution in [0.1, 0.15) is 38.2 Å². The third-order valence-corrected chi connectivity index (χ3v) is 3.46. The van der Waals surface area contributed by atoms with Gasteiger partial charge in [0.15, 0.2) is 0 Å². The number of benzene rings is 1. The summed E-state index contributed by atoms with van der Waals surface area (Å²) in [5.74, 6) is -0.415. The SMILES string of the molecule is CC1CCCCCN1c1ccc(C#N)c(F)c1. The van der Waals surface area contributed by atoms with Crippen molar-refractivity contribution < 1.29 is 4.39 Å². The van der Waals surface area contributed by atoms with E-state index in [1.165, 1.54) is 18.9 Å². The smallest absolute Gasteiger partial charge is 0.143 e. The molecular formula is C14H17FN2. The van der Waals surface area contributed by atoms with Crippen molar-refractivity contribution in [2.75, 3.05) is 11.4 Å². The van der Waals surface area contributed by atoms with Crippen LogP contribution in [0, 0.1) is 17.1 Å². The molecule has 0 bridgehead atoms. The fourth-order valence-corrected chi connectivity index (χ4v) is 2.43. The second-order valence-electron chi connectivity index (χ2n) is 4.67. The van der Waals surface area contributed by atoms with Crippen LogP contribution in [0.4, 0.5) is 10.1 Å². The highest BCUT2D eigenvalue weighted by Crippen LogP contribution is 2.25. The van der Waals surface area contributed by atoms with E-state index in [1.54, 1.807) is 6.07 Å². The number of halogens is 1. The third kappa shape index (κ3) is 2.58. The molecule has 1 saturated heterocycles. The van der Waals surface area contributed by atoms with Crippen LogP contribution in [-0.4, -0.2) is 12.6 Å². The number of nitrogens with zero attached hydrogens (tertiary/aromatic N) is 2. The Hall–Kier alpha value is -1.56. The third-order valence-electron chi connectivity index (χ3n) is 3.46. The standard InChI is InChI=1S/C14H17FN2/c1-11-5-3-2-4-8-17(11)13-7-6-12(10-16)14(15)9-13/h6-7,9,11H,2-5,8H2,1H3. The summed E-state index contributed by atoms with van der Waals surface area (Å²) in [5, 5.41) is 8.71. The molecule has 1 aromatic rings. The van der Waals surface area contributed by atoms with E-state index in [-0.39, 0.29) is 5.56 Å². The molecule has 0 spiro atoms. The molecule has 1 aliphatic heterocycles. The zero-order chi connectivity index (χ0) is 12.3. The Balaban J connectivity index is 2.26. The van der Waals surface area contributed by atoms with Crippen LogP contribution < -0.4 is 4.90 Å². The van der Waals surface area contributed by atoms with E-state index in [0.29, 0.717) is 6.04 Å². The summed E-state index contributed by atoms with van der Waals surface area (Å²) in [7, 11) is 0. The first kappa shape index (κ1) is 11.9. The number of anilines is 1. The summed E-state index contributed by atoms with van der Waals surface area (Å²) in [5.41, 5.74) is 1.02. The van der Waals surface area contributed by atoms with Crippen LogP contribution in [0.3, 0.4) is 0 Å². The maximum atomic E-state index is 13.6. The first-order chi connectivity index (χ1) is 8.22. The van der Waals surface area contributed by atoms with Gasteiger partial charge in [-0.1, -0.05) is 12.8 Å². The van der Waals surface area contributed by atoms with E-state index in [1.807, 2.05) is 12.1 Å². The van der Waals surface area contributed by atoms with Gasteiger partial charge in [-0.25, -0.2) is 4.39 Å². The molecule has 1 heterocycles. The van der Waals surface area contributed by atoms with Crippen molar-refractivity contribution in [2.24, 2.45) is 0 Å². The second kappa shape index (κ2) is 5.18. The molecule has 1 atom stereocenters. The van der Waals surface area contributed by atoms with Crippen molar-refractivity contribution in [2.45, 2.75) is 38.6 Å². The van der Waals surface area contributed by atoms with Crippen molar-refractivity contribution in [3.63, 3.8) is 0 Å². The Morgan fingerprint density at radius 1 is 1.35 bits per heavy atom. The summed E-state index contributed by atoms with van der Waals surface area (Å²) >= 11 is 0. The molecule has 1 aliphatic rings. The normalized spacial score (nSPS) is 20.8. The summed E-state index contributed by atoms with van der Waals surface area (Å²) in [6.45, 7) is 3.16. The predicted molar refractivity (Wildman–Crippen MR) is 66.4 cm³/mol. The van der Waals surface area contributed by atoms with Gasteiger partial charge < -0.3 is 4.90 Å². The monoisotopic (exact) mass is 232 g/mol. The minimum Gasteiger partial charge on any atom is -0.369 e. The first-order valence-corrected chi connectivity index (χ1v) is 6.18. The lowest BCUT2D eigenvalue weighted by molar-refractivity contribution is 0.604. The van der Waals surface area contributed by atoms with Crippen LogP contribution in [-0.2, 0) is 0 Å². The van der Waals surface area contributed by atoms with Crippen molar-refractivity contribution in [1.29, 1.82) is 5.26 Å². The number of hydrogen-bond donors (Lipinski definition) is 0. The molecule has 1 aromatic carbocycles. The molecule has 0 radical (unpaired) electrons. The van der Waals surface area contributed by atoms with Crippen LogP contribution in [0.2, 0.25) is 0 Å². The Morgan fingerprint density at radius 2 is 2.18 bits per heavy atom. The summed E-state index contributed by atoms with van der Waals surface area (Å²) in [6.07, 6.45) is 4.81.